The van der Waals surface area contributed by atoms with Crippen molar-refractivity contribution in [2.75, 3.05) is 12.4 Å². The first-order valence-electron chi connectivity index (χ1n) is 6.01. The van der Waals surface area contributed by atoms with E-state index in [0.29, 0.717) is 16.8 Å². The number of rotatable bonds is 4. The fraction of sp³-hybridized carbons (Fsp3) is 0.214. The van der Waals surface area contributed by atoms with Crippen LogP contribution < -0.4 is 10.1 Å². The average Bonchev–Trinajstić information content (AvgIpc) is 2.80. The summed E-state index contributed by atoms with van der Waals surface area (Å²) < 4.78 is 6.54. The van der Waals surface area contributed by atoms with Crippen LogP contribution in [0.25, 0.3) is 0 Å². The summed E-state index contributed by atoms with van der Waals surface area (Å²) in [4.78, 5) is 23.3. The van der Waals surface area contributed by atoms with Crippen LogP contribution >= 0.6 is 0 Å². The zero-order valence-electron chi connectivity index (χ0n) is 11.5. The van der Waals surface area contributed by atoms with E-state index in [1.54, 1.807) is 37.5 Å². The lowest BCUT2D eigenvalue weighted by atomic mass is 10.1. The summed E-state index contributed by atoms with van der Waals surface area (Å²) in [6.45, 7) is 1.49. The summed E-state index contributed by atoms with van der Waals surface area (Å²) in [5.41, 5.74) is 1.55. The molecule has 0 unspecified atom stereocenters. The lowest BCUT2D eigenvalue weighted by Gasteiger charge is -2.05. The van der Waals surface area contributed by atoms with Crippen molar-refractivity contribution < 1.29 is 14.3 Å². The Balaban J connectivity index is 2.16. The number of hydrogen-bond acceptors (Lipinski definition) is 4. The van der Waals surface area contributed by atoms with Crippen LogP contribution in [0.5, 0.6) is 5.88 Å². The number of carbonyl (C=O) groups is 2. The van der Waals surface area contributed by atoms with E-state index < -0.39 is 0 Å². The molecule has 104 valence electrons. The number of anilines is 1. The molecule has 6 heteroatoms. The molecule has 0 radical (unpaired) electrons. The van der Waals surface area contributed by atoms with E-state index in [0.717, 1.165) is 0 Å². The molecule has 0 fully saturated rings. The zero-order chi connectivity index (χ0) is 14.7. The van der Waals surface area contributed by atoms with Gasteiger partial charge in [0, 0.05) is 24.5 Å². The molecule has 0 aliphatic carbocycles. The topological polar surface area (TPSA) is 73.2 Å². The Hall–Kier alpha value is -2.63. The van der Waals surface area contributed by atoms with Crippen molar-refractivity contribution in [1.82, 2.24) is 9.78 Å². The predicted molar refractivity (Wildman–Crippen MR) is 74.2 cm³/mol. The number of ketones is 1. The molecule has 0 spiro atoms. The van der Waals surface area contributed by atoms with Gasteiger partial charge in [0.2, 0.25) is 5.88 Å². The maximum absolute atomic E-state index is 12.1. The van der Waals surface area contributed by atoms with E-state index in [9.17, 15) is 9.59 Å². The second-order valence-corrected chi connectivity index (χ2v) is 4.31. The highest BCUT2D eigenvalue weighted by atomic mass is 16.5. The van der Waals surface area contributed by atoms with Crippen molar-refractivity contribution in [3.8, 4) is 5.88 Å². The Kier molecular flexibility index (Phi) is 3.84. The monoisotopic (exact) mass is 273 g/mol. The number of methoxy groups -OCH3 is 1. The fourth-order valence-corrected chi connectivity index (χ4v) is 1.76. The molecule has 6 nitrogen and oxygen atoms in total. The van der Waals surface area contributed by atoms with E-state index in [4.69, 9.17) is 4.74 Å². The van der Waals surface area contributed by atoms with Gasteiger partial charge >= 0.3 is 0 Å². The summed E-state index contributed by atoms with van der Waals surface area (Å²) >= 11 is 0. The molecular formula is C14H15N3O3. The second kappa shape index (κ2) is 5.56. The van der Waals surface area contributed by atoms with Gasteiger partial charge in [0.25, 0.3) is 5.91 Å². The molecule has 2 aromatic rings. The van der Waals surface area contributed by atoms with E-state index in [1.807, 2.05) is 0 Å². The standard InChI is InChI=1S/C14H15N3O3/c1-9(18)10-4-6-11(7-5-10)15-13(19)12-8-17(2)16-14(12)20-3/h4-8H,1-3H3,(H,15,19). The van der Waals surface area contributed by atoms with Crippen molar-refractivity contribution in [2.24, 2.45) is 7.05 Å². The van der Waals surface area contributed by atoms with E-state index >= 15 is 0 Å². The first kappa shape index (κ1) is 13.8. The number of ether oxygens (including phenoxy) is 1. The van der Waals surface area contributed by atoms with Gasteiger partial charge in [-0.05, 0) is 31.2 Å². The molecule has 0 aliphatic rings. The number of nitrogens with one attached hydrogen (secondary N) is 1. The number of hydrogen-bond donors (Lipinski definition) is 1. The Bertz CT molecular complexity index is 644. The predicted octanol–water partition coefficient (Wildman–Crippen LogP) is 1.88. The Labute approximate surface area is 116 Å². The minimum absolute atomic E-state index is 0.0168. The molecule has 0 saturated heterocycles. The average molecular weight is 273 g/mol. The largest absolute Gasteiger partial charge is 0.479 e. The molecule has 0 atom stereocenters. The first-order chi connectivity index (χ1) is 9.51. The quantitative estimate of drug-likeness (QED) is 0.863. The molecule has 0 saturated carbocycles. The van der Waals surface area contributed by atoms with Gasteiger partial charge in [-0.25, -0.2) is 0 Å². The lowest BCUT2D eigenvalue weighted by Crippen LogP contribution is -2.12. The normalized spacial score (nSPS) is 10.2. The number of aromatic nitrogens is 2. The molecule has 0 bridgehead atoms. The van der Waals surface area contributed by atoms with Gasteiger partial charge in [0.1, 0.15) is 5.56 Å². The van der Waals surface area contributed by atoms with Crippen LogP contribution in [-0.4, -0.2) is 28.6 Å². The van der Waals surface area contributed by atoms with Gasteiger partial charge in [0.15, 0.2) is 5.78 Å². The number of carbonyl (C=O) groups excluding carboxylic acids is 2. The van der Waals surface area contributed by atoms with Gasteiger partial charge in [-0.3, -0.25) is 14.3 Å². The van der Waals surface area contributed by atoms with Crippen LogP contribution in [0.3, 0.4) is 0 Å². The Morgan fingerprint density at radius 3 is 2.45 bits per heavy atom. The molecule has 0 aliphatic heterocycles. The van der Waals surface area contributed by atoms with Crippen LogP contribution in [-0.2, 0) is 7.05 Å². The number of Topliss-reactive ketones (excluding diaryl/α,β-unsaturated/α-hetero) is 1. The van der Waals surface area contributed by atoms with Crippen molar-refractivity contribution in [3.63, 3.8) is 0 Å². The summed E-state index contributed by atoms with van der Waals surface area (Å²) in [6.07, 6.45) is 1.58. The molecular weight excluding hydrogens is 258 g/mol. The van der Waals surface area contributed by atoms with E-state index in [2.05, 4.69) is 10.4 Å². The highest BCUT2D eigenvalue weighted by Crippen LogP contribution is 2.17. The van der Waals surface area contributed by atoms with Crippen molar-refractivity contribution in [2.45, 2.75) is 6.92 Å². The van der Waals surface area contributed by atoms with Crippen LogP contribution in [0.2, 0.25) is 0 Å². The number of amides is 1. The highest BCUT2D eigenvalue weighted by Gasteiger charge is 2.16. The van der Waals surface area contributed by atoms with Gasteiger partial charge < -0.3 is 10.1 Å². The van der Waals surface area contributed by atoms with Crippen LogP contribution in [0, 0.1) is 0 Å². The van der Waals surface area contributed by atoms with Gasteiger partial charge in [-0.1, -0.05) is 0 Å². The maximum atomic E-state index is 12.1. The van der Waals surface area contributed by atoms with Crippen molar-refractivity contribution in [1.29, 1.82) is 0 Å². The smallest absolute Gasteiger partial charge is 0.262 e. The third-order valence-electron chi connectivity index (χ3n) is 2.78. The van der Waals surface area contributed by atoms with Crippen LogP contribution in [0.4, 0.5) is 5.69 Å². The summed E-state index contributed by atoms with van der Waals surface area (Å²) in [5.74, 6) is -0.0623. The van der Waals surface area contributed by atoms with Gasteiger partial charge in [-0.2, -0.15) is 0 Å². The van der Waals surface area contributed by atoms with Crippen molar-refractivity contribution in [3.05, 3.63) is 41.6 Å². The molecule has 1 amide bonds. The second-order valence-electron chi connectivity index (χ2n) is 4.31. The zero-order valence-corrected chi connectivity index (χ0v) is 11.5. The summed E-state index contributed by atoms with van der Waals surface area (Å²) in [6, 6.07) is 6.69. The first-order valence-corrected chi connectivity index (χ1v) is 6.01. The molecule has 1 N–H and O–H groups in total. The SMILES string of the molecule is COc1nn(C)cc1C(=O)Nc1ccc(C(C)=O)cc1. The minimum atomic E-state index is -0.314. The third kappa shape index (κ3) is 2.85. The highest BCUT2D eigenvalue weighted by molar-refractivity contribution is 6.06. The van der Waals surface area contributed by atoms with Crippen LogP contribution in [0.1, 0.15) is 27.6 Å². The summed E-state index contributed by atoms with van der Waals surface area (Å²) in [7, 11) is 3.17. The molecule has 1 aromatic carbocycles. The minimum Gasteiger partial charge on any atom is -0.479 e. The van der Waals surface area contributed by atoms with Crippen LogP contribution in [0.15, 0.2) is 30.5 Å². The Morgan fingerprint density at radius 1 is 1.25 bits per heavy atom. The summed E-state index contributed by atoms with van der Waals surface area (Å²) in [5, 5.41) is 6.75. The van der Waals surface area contributed by atoms with E-state index in [-0.39, 0.29) is 17.6 Å². The van der Waals surface area contributed by atoms with E-state index in [1.165, 1.54) is 18.7 Å². The maximum Gasteiger partial charge on any atom is 0.262 e. The number of benzene rings is 1. The number of nitrogens with zero attached hydrogens (tertiary/aromatic N) is 2. The van der Waals surface area contributed by atoms with Crippen molar-refractivity contribution >= 4 is 17.4 Å². The fourth-order valence-electron chi connectivity index (χ4n) is 1.76. The molecule has 1 aromatic heterocycles. The van der Waals surface area contributed by atoms with Gasteiger partial charge in [-0.15, -0.1) is 5.10 Å². The van der Waals surface area contributed by atoms with Gasteiger partial charge in [0.05, 0.1) is 7.11 Å². The third-order valence-corrected chi connectivity index (χ3v) is 2.78. The molecule has 20 heavy (non-hydrogen) atoms. The molecule has 1 heterocycles. The number of aryl methyl sites for hydroxylation is 1. The lowest BCUT2D eigenvalue weighted by molar-refractivity contribution is 0.101. The molecule has 2 rings (SSSR count). The Morgan fingerprint density at radius 2 is 1.90 bits per heavy atom.